The number of aromatic nitrogens is 5. The Kier molecular flexibility index (Phi) is 4.36. The van der Waals surface area contributed by atoms with E-state index in [0.29, 0.717) is 23.1 Å². The van der Waals surface area contributed by atoms with E-state index in [0.717, 1.165) is 27.8 Å². The first kappa shape index (κ1) is 17.9. The molecule has 0 aliphatic rings. The number of ether oxygens (including phenoxy) is 2. The minimum Gasteiger partial charge on any atom is -0.493 e. The first-order valence-corrected chi connectivity index (χ1v) is 9.30. The van der Waals surface area contributed by atoms with Gasteiger partial charge in [-0.05, 0) is 42.5 Å². The number of hydrogen-bond donors (Lipinski definition) is 1. The van der Waals surface area contributed by atoms with E-state index in [4.69, 9.17) is 14.5 Å². The van der Waals surface area contributed by atoms with E-state index in [-0.39, 0.29) is 0 Å². The monoisotopic (exact) mass is 398 g/mol. The molecule has 0 aliphatic heterocycles. The van der Waals surface area contributed by atoms with Crippen LogP contribution in [-0.2, 0) is 0 Å². The summed E-state index contributed by atoms with van der Waals surface area (Å²) in [7, 11) is 3.22. The van der Waals surface area contributed by atoms with E-state index in [1.165, 1.54) is 6.33 Å². The number of benzene rings is 2. The molecule has 3 aromatic heterocycles. The molecule has 148 valence electrons. The maximum absolute atomic E-state index is 5.43. The Bertz CT molecular complexity index is 1360. The average molecular weight is 398 g/mol. The third kappa shape index (κ3) is 3.14. The van der Waals surface area contributed by atoms with Crippen LogP contribution in [0.3, 0.4) is 0 Å². The number of methoxy groups -OCH3 is 2. The van der Waals surface area contributed by atoms with Gasteiger partial charge >= 0.3 is 0 Å². The molecule has 3 heterocycles. The summed E-state index contributed by atoms with van der Waals surface area (Å²) in [6.07, 6.45) is 3.29. The summed E-state index contributed by atoms with van der Waals surface area (Å²) in [6.45, 7) is 0. The van der Waals surface area contributed by atoms with Gasteiger partial charge in [0.25, 0.3) is 0 Å². The fourth-order valence-corrected chi connectivity index (χ4v) is 3.33. The van der Waals surface area contributed by atoms with Gasteiger partial charge in [0.05, 0.1) is 25.4 Å². The van der Waals surface area contributed by atoms with Crippen molar-refractivity contribution in [2.45, 2.75) is 0 Å². The van der Waals surface area contributed by atoms with E-state index in [1.54, 1.807) is 24.9 Å². The number of fused-ring (bicyclic) bond motifs is 2. The second-order valence-electron chi connectivity index (χ2n) is 6.60. The van der Waals surface area contributed by atoms with Crippen molar-refractivity contribution in [2.75, 3.05) is 19.5 Å². The van der Waals surface area contributed by atoms with Gasteiger partial charge in [0.1, 0.15) is 6.33 Å². The molecule has 5 aromatic rings. The Labute approximate surface area is 172 Å². The highest BCUT2D eigenvalue weighted by molar-refractivity contribution is 5.83. The summed E-state index contributed by atoms with van der Waals surface area (Å²) < 4.78 is 12.4. The zero-order valence-electron chi connectivity index (χ0n) is 16.4. The number of anilines is 2. The Balaban J connectivity index is 1.59. The van der Waals surface area contributed by atoms with Crippen molar-refractivity contribution in [1.82, 2.24) is 24.6 Å². The fraction of sp³-hybridized carbons (Fsp3) is 0.0909. The van der Waals surface area contributed by atoms with Crippen LogP contribution in [0.1, 0.15) is 0 Å². The SMILES string of the molecule is COc1ccc(-c2cc3ncnn3c(Nc3ccc4ncccc4c3)n2)cc1OC. The molecule has 0 unspecified atom stereocenters. The van der Waals surface area contributed by atoms with E-state index in [1.807, 2.05) is 54.6 Å². The van der Waals surface area contributed by atoms with Gasteiger partial charge < -0.3 is 14.8 Å². The Morgan fingerprint density at radius 1 is 0.900 bits per heavy atom. The van der Waals surface area contributed by atoms with Crippen molar-refractivity contribution in [2.24, 2.45) is 0 Å². The van der Waals surface area contributed by atoms with Gasteiger partial charge in [-0.3, -0.25) is 4.98 Å². The summed E-state index contributed by atoms with van der Waals surface area (Å²) in [4.78, 5) is 13.5. The van der Waals surface area contributed by atoms with E-state index in [2.05, 4.69) is 20.4 Å². The highest BCUT2D eigenvalue weighted by Crippen LogP contribution is 2.32. The molecule has 0 atom stereocenters. The molecule has 8 nitrogen and oxygen atoms in total. The fourth-order valence-electron chi connectivity index (χ4n) is 3.33. The van der Waals surface area contributed by atoms with Crippen LogP contribution in [-0.4, -0.2) is 38.8 Å². The molecule has 0 amide bonds. The van der Waals surface area contributed by atoms with Gasteiger partial charge in [-0.2, -0.15) is 9.61 Å². The van der Waals surface area contributed by atoms with Gasteiger partial charge in [0.15, 0.2) is 17.1 Å². The highest BCUT2D eigenvalue weighted by Gasteiger charge is 2.12. The summed E-state index contributed by atoms with van der Waals surface area (Å²) in [5.41, 5.74) is 4.11. The molecule has 0 saturated carbocycles. The smallest absolute Gasteiger partial charge is 0.231 e. The Morgan fingerprint density at radius 3 is 2.67 bits per heavy atom. The van der Waals surface area contributed by atoms with Crippen molar-refractivity contribution in [3.05, 3.63) is 67.1 Å². The number of rotatable bonds is 5. The Hall–Kier alpha value is -4.20. The van der Waals surface area contributed by atoms with Gasteiger partial charge in [-0.25, -0.2) is 9.97 Å². The van der Waals surface area contributed by atoms with Crippen LogP contribution in [0.25, 0.3) is 27.8 Å². The molecule has 0 aliphatic carbocycles. The van der Waals surface area contributed by atoms with Crippen LogP contribution in [0, 0.1) is 0 Å². The van der Waals surface area contributed by atoms with Crippen LogP contribution in [0.15, 0.2) is 67.1 Å². The van der Waals surface area contributed by atoms with E-state index < -0.39 is 0 Å². The lowest BCUT2D eigenvalue weighted by Gasteiger charge is -2.12. The number of hydrogen-bond acceptors (Lipinski definition) is 7. The number of nitrogens with zero attached hydrogens (tertiary/aromatic N) is 5. The molecule has 0 saturated heterocycles. The highest BCUT2D eigenvalue weighted by atomic mass is 16.5. The van der Waals surface area contributed by atoms with Gasteiger partial charge in [0, 0.05) is 28.9 Å². The molecular formula is C22H18N6O2. The molecule has 5 rings (SSSR count). The van der Waals surface area contributed by atoms with E-state index >= 15 is 0 Å². The third-order valence-corrected chi connectivity index (χ3v) is 4.81. The maximum atomic E-state index is 5.43. The van der Waals surface area contributed by atoms with Gasteiger partial charge in [-0.1, -0.05) is 6.07 Å². The molecule has 0 radical (unpaired) electrons. The van der Waals surface area contributed by atoms with Crippen LogP contribution in [0.2, 0.25) is 0 Å². The lowest BCUT2D eigenvalue weighted by Crippen LogP contribution is -2.04. The Morgan fingerprint density at radius 2 is 1.80 bits per heavy atom. The molecule has 0 fully saturated rings. The van der Waals surface area contributed by atoms with Crippen molar-refractivity contribution in [3.8, 4) is 22.8 Å². The van der Waals surface area contributed by atoms with Crippen LogP contribution >= 0.6 is 0 Å². The normalized spacial score (nSPS) is 11.0. The van der Waals surface area contributed by atoms with Gasteiger partial charge in [-0.15, -0.1) is 0 Å². The summed E-state index contributed by atoms with van der Waals surface area (Å²) in [5, 5.41) is 8.68. The lowest BCUT2D eigenvalue weighted by molar-refractivity contribution is 0.355. The predicted octanol–water partition coefficient (Wildman–Crippen LogP) is 4.10. The first-order chi connectivity index (χ1) is 14.7. The summed E-state index contributed by atoms with van der Waals surface area (Å²) in [5.74, 6) is 1.85. The molecular weight excluding hydrogens is 380 g/mol. The number of pyridine rings is 1. The molecule has 0 bridgehead atoms. The van der Waals surface area contributed by atoms with Crippen molar-refractivity contribution >= 4 is 28.2 Å². The largest absolute Gasteiger partial charge is 0.493 e. The number of nitrogens with one attached hydrogen (secondary N) is 1. The zero-order chi connectivity index (χ0) is 20.5. The topological polar surface area (TPSA) is 86.5 Å². The predicted molar refractivity (Wildman–Crippen MR) is 114 cm³/mol. The van der Waals surface area contributed by atoms with Crippen LogP contribution in [0.5, 0.6) is 11.5 Å². The van der Waals surface area contributed by atoms with Crippen LogP contribution in [0.4, 0.5) is 11.6 Å². The minimum atomic E-state index is 0.554. The molecule has 0 spiro atoms. The maximum Gasteiger partial charge on any atom is 0.231 e. The standard InChI is InChI=1S/C22H18N6O2/c1-29-19-8-5-15(11-20(19)30-2)18-12-21-24-13-25-28(21)22(27-18)26-16-6-7-17-14(10-16)4-3-9-23-17/h3-13H,1-2H3,(H,26,27). The minimum absolute atomic E-state index is 0.554. The molecule has 8 heteroatoms. The quantitative estimate of drug-likeness (QED) is 0.477. The third-order valence-electron chi connectivity index (χ3n) is 4.81. The lowest BCUT2D eigenvalue weighted by atomic mass is 10.1. The van der Waals surface area contributed by atoms with Crippen molar-refractivity contribution in [1.29, 1.82) is 0 Å². The van der Waals surface area contributed by atoms with Crippen molar-refractivity contribution in [3.63, 3.8) is 0 Å². The zero-order valence-corrected chi connectivity index (χ0v) is 16.4. The summed E-state index contributed by atoms with van der Waals surface area (Å²) >= 11 is 0. The molecule has 1 N–H and O–H groups in total. The average Bonchev–Trinajstić information content (AvgIpc) is 3.27. The molecule has 2 aromatic carbocycles. The van der Waals surface area contributed by atoms with Gasteiger partial charge in [0.2, 0.25) is 5.95 Å². The summed E-state index contributed by atoms with van der Waals surface area (Å²) in [6, 6.07) is 17.4. The first-order valence-electron chi connectivity index (χ1n) is 9.30. The van der Waals surface area contributed by atoms with E-state index in [9.17, 15) is 0 Å². The second kappa shape index (κ2) is 7.32. The molecule has 30 heavy (non-hydrogen) atoms. The second-order valence-corrected chi connectivity index (χ2v) is 6.60. The van der Waals surface area contributed by atoms with Crippen molar-refractivity contribution < 1.29 is 9.47 Å². The van der Waals surface area contributed by atoms with Crippen LogP contribution < -0.4 is 14.8 Å².